The van der Waals surface area contributed by atoms with Gasteiger partial charge in [0.1, 0.15) is 39.6 Å². The third kappa shape index (κ3) is 7.43. The first kappa shape index (κ1) is 29.2. The standard InChI is InChI=1S/C23H19ClF3N11O2S/c1-11(22-32-8-16(41-22)21(40)38-18-4-12(23(25,26)27)13(24)7-31-18)37-20(39)14-5-17(35-9-33-14)29-2-3-30-19-15(6-28)34-10-36-19/h4-5,7-11,30H,2-3H2,1H3,(H,34,36)(H,37,39)(H,29,33,35)(H,31,38,40). The number of nitriles is 1. The van der Waals surface area contributed by atoms with Gasteiger partial charge >= 0.3 is 6.18 Å². The number of aromatic amines is 1. The van der Waals surface area contributed by atoms with E-state index in [0.717, 1.165) is 17.5 Å². The summed E-state index contributed by atoms with van der Waals surface area (Å²) in [5, 5.41) is 19.8. The molecular formula is C23H19ClF3N11O2S. The number of thiazole rings is 1. The van der Waals surface area contributed by atoms with Crippen LogP contribution in [-0.4, -0.2) is 54.8 Å². The van der Waals surface area contributed by atoms with Crippen LogP contribution in [0.5, 0.6) is 0 Å². The number of alkyl halides is 3. The summed E-state index contributed by atoms with van der Waals surface area (Å²) in [7, 11) is 0. The van der Waals surface area contributed by atoms with Crippen LogP contribution < -0.4 is 21.3 Å². The Morgan fingerprint density at radius 3 is 2.61 bits per heavy atom. The number of halogens is 4. The molecule has 0 aliphatic heterocycles. The summed E-state index contributed by atoms with van der Waals surface area (Å²) in [6.07, 6.45) is -0.0560. The van der Waals surface area contributed by atoms with E-state index in [2.05, 4.69) is 51.2 Å². The summed E-state index contributed by atoms with van der Waals surface area (Å²) < 4.78 is 39.2. The lowest BCUT2D eigenvalue weighted by Gasteiger charge is -2.12. The van der Waals surface area contributed by atoms with E-state index in [1.54, 1.807) is 6.92 Å². The Balaban J connectivity index is 1.31. The van der Waals surface area contributed by atoms with E-state index < -0.39 is 34.6 Å². The van der Waals surface area contributed by atoms with Gasteiger partial charge in [0.15, 0.2) is 11.5 Å². The Bertz CT molecular complexity index is 1600. The molecule has 4 aromatic rings. The van der Waals surface area contributed by atoms with Crippen LogP contribution in [0.25, 0.3) is 0 Å². The minimum absolute atomic E-state index is 0.0742. The first-order valence-electron chi connectivity index (χ1n) is 11.6. The molecule has 0 aromatic carbocycles. The van der Waals surface area contributed by atoms with Crippen molar-refractivity contribution in [2.45, 2.75) is 19.1 Å². The van der Waals surface area contributed by atoms with Gasteiger partial charge in [-0.2, -0.15) is 18.4 Å². The number of pyridine rings is 1. The molecule has 4 heterocycles. The lowest BCUT2D eigenvalue weighted by molar-refractivity contribution is -0.137. The van der Waals surface area contributed by atoms with Crippen LogP contribution in [-0.2, 0) is 6.18 Å². The number of imidazole rings is 1. The largest absolute Gasteiger partial charge is 0.418 e. The summed E-state index contributed by atoms with van der Waals surface area (Å²) in [5.41, 5.74) is -0.745. The van der Waals surface area contributed by atoms with E-state index in [4.69, 9.17) is 16.9 Å². The summed E-state index contributed by atoms with van der Waals surface area (Å²) in [5.74, 6) is -0.777. The zero-order valence-electron chi connectivity index (χ0n) is 20.9. The van der Waals surface area contributed by atoms with Crippen molar-refractivity contribution in [2.75, 3.05) is 29.0 Å². The summed E-state index contributed by atoms with van der Waals surface area (Å²) in [4.78, 5) is 48.0. The maximum absolute atomic E-state index is 13.1. The highest BCUT2D eigenvalue weighted by atomic mass is 35.5. The van der Waals surface area contributed by atoms with Crippen LogP contribution in [0, 0.1) is 11.3 Å². The van der Waals surface area contributed by atoms with Gasteiger partial charge in [-0.15, -0.1) is 11.3 Å². The second-order valence-corrected chi connectivity index (χ2v) is 9.61. The molecule has 0 aliphatic carbocycles. The molecular weight excluding hydrogens is 587 g/mol. The minimum atomic E-state index is -4.72. The van der Waals surface area contributed by atoms with Gasteiger partial charge in [0.05, 0.1) is 29.2 Å². The molecule has 1 unspecified atom stereocenters. The Labute approximate surface area is 238 Å². The molecule has 0 aliphatic rings. The smallest absolute Gasteiger partial charge is 0.368 e. The van der Waals surface area contributed by atoms with Crippen LogP contribution in [0.1, 0.15) is 49.4 Å². The normalized spacial score (nSPS) is 11.8. The molecule has 0 bridgehead atoms. The Morgan fingerprint density at radius 1 is 1.07 bits per heavy atom. The Hall–Kier alpha value is -4.82. The van der Waals surface area contributed by atoms with Crippen LogP contribution >= 0.6 is 22.9 Å². The molecule has 0 fully saturated rings. The van der Waals surface area contributed by atoms with Gasteiger partial charge in [-0.1, -0.05) is 11.6 Å². The van der Waals surface area contributed by atoms with Gasteiger partial charge in [0.2, 0.25) is 0 Å². The quantitative estimate of drug-likeness (QED) is 0.166. The lowest BCUT2D eigenvalue weighted by Crippen LogP contribution is -2.27. The van der Waals surface area contributed by atoms with Crippen LogP contribution in [0.4, 0.5) is 30.6 Å². The van der Waals surface area contributed by atoms with Gasteiger partial charge in [-0.05, 0) is 13.0 Å². The molecule has 41 heavy (non-hydrogen) atoms. The number of anilines is 3. The number of carbonyl (C=O) groups excluding carboxylic acids is 2. The average Bonchev–Trinajstić information content (AvgIpc) is 3.62. The van der Waals surface area contributed by atoms with Gasteiger partial charge in [0, 0.05) is 25.4 Å². The molecule has 212 valence electrons. The van der Waals surface area contributed by atoms with E-state index in [-0.39, 0.29) is 16.4 Å². The first-order valence-corrected chi connectivity index (χ1v) is 12.8. The molecule has 4 rings (SSSR count). The SMILES string of the molecule is CC(NC(=O)c1cc(NCCNc2nc[nH]c2C#N)ncn1)c1ncc(C(=O)Nc2cc(C(F)(F)F)c(Cl)cn2)s1. The van der Waals surface area contributed by atoms with Crippen molar-refractivity contribution in [2.24, 2.45) is 0 Å². The molecule has 1 atom stereocenters. The number of hydrogen-bond acceptors (Lipinski definition) is 11. The van der Waals surface area contributed by atoms with Gasteiger partial charge in [-0.25, -0.2) is 24.9 Å². The van der Waals surface area contributed by atoms with Gasteiger partial charge in [0.25, 0.3) is 11.8 Å². The fourth-order valence-corrected chi connectivity index (χ4v) is 4.32. The molecule has 4 aromatic heterocycles. The third-order valence-electron chi connectivity index (χ3n) is 5.24. The summed E-state index contributed by atoms with van der Waals surface area (Å²) in [6.45, 7) is 2.46. The average molecular weight is 606 g/mol. The van der Waals surface area contributed by atoms with Gasteiger partial charge < -0.3 is 26.3 Å². The number of rotatable bonds is 10. The molecule has 13 nitrogen and oxygen atoms in total. The monoisotopic (exact) mass is 605 g/mol. The van der Waals surface area contributed by atoms with Crippen LogP contribution in [0.2, 0.25) is 5.02 Å². The van der Waals surface area contributed by atoms with Crippen molar-refractivity contribution in [1.82, 2.24) is 35.2 Å². The fourth-order valence-electron chi connectivity index (χ4n) is 3.29. The number of nitrogens with one attached hydrogen (secondary N) is 5. The van der Waals surface area contributed by atoms with Crippen molar-refractivity contribution in [3.8, 4) is 6.07 Å². The first-order chi connectivity index (χ1) is 19.5. The molecule has 18 heteroatoms. The highest BCUT2D eigenvalue weighted by Gasteiger charge is 2.34. The minimum Gasteiger partial charge on any atom is -0.368 e. The number of hydrogen-bond donors (Lipinski definition) is 5. The number of nitrogens with zero attached hydrogens (tertiary/aromatic N) is 6. The predicted octanol–water partition coefficient (Wildman–Crippen LogP) is 3.86. The van der Waals surface area contributed by atoms with Crippen molar-refractivity contribution in [3.63, 3.8) is 0 Å². The highest BCUT2D eigenvalue weighted by molar-refractivity contribution is 7.13. The van der Waals surface area contributed by atoms with Crippen LogP contribution in [0.15, 0.2) is 37.2 Å². The third-order valence-corrected chi connectivity index (χ3v) is 6.72. The van der Waals surface area contributed by atoms with Crippen molar-refractivity contribution in [3.05, 3.63) is 69.0 Å². The van der Waals surface area contributed by atoms with E-state index in [1.807, 2.05) is 6.07 Å². The zero-order chi connectivity index (χ0) is 29.6. The topological polar surface area (TPSA) is 186 Å². The molecule has 2 amide bonds. The van der Waals surface area contributed by atoms with E-state index >= 15 is 0 Å². The summed E-state index contributed by atoms with van der Waals surface area (Å²) >= 11 is 6.50. The number of amides is 2. The van der Waals surface area contributed by atoms with Crippen molar-refractivity contribution >= 4 is 52.2 Å². The Kier molecular flexibility index (Phi) is 8.94. The predicted molar refractivity (Wildman–Crippen MR) is 143 cm³/mol. The molecule has 5 N–H and O–H groups in total. The van der Waals surface area contributed by atoms with E-state index in [0.29, 0.717) is 41.5 Å². The highest BCUT2D eigenvalue weighted by Crippen LogP contribution is 2.35. The van der Waals surface area contributed by atoms with E-state index in [9.17, 15) is 22.8 Å². The molecule has 0 spiro atoms. The maximum Gasteiger partial charge on any atom is 0.418 e. The number of carbonyl (C=O) groups is 2. The Morgan fingerprint density at radius 2 is 1.85 bits per heavy atom. The van der Waals surface area contributed by atoms with Crippen molar-refractivity contribution in [1.29, 1.82) is 5.26 Å². The summed E-state index contributed by atoms with van der Waals surface area (Å²) in [6, 6.07) is 3.43. The van der Waals surface area contributed by atoms with Crippen LogP contribution in [0.3, 0.4) is 0 Å². The van der Waals surface area contributed by atoms with Gasteiger partial charge in [-0.3, -0.25) is 9.59 Å². The lowest BCUT2D eigenvalue weighted by atomic mass is 10.2. The fraction of sp³-hybridized carbons (Fsp3) is 0.217. The molecule has 0 radical (unpaired) electrons. The second kappa shape index (κ2) is 12.6. The molecule has 0 saturated carbocycles. The number of H-pyrrole nitrogens is 1. The van der Waals surface area contributed by atoms with Crippen molar-refractivity contribution < 1.29 is 22.8 Å². The molecule has 0 saturated heterocycles. The van der Waals surface area contributed by atoms with E-state index in [1.165, 1.54) is 24.9 Å². The number of aromatic nitrogens is 6. The second-order valence-electron chi connectivity index (χ2n) is 8.14. The zero-order valence-corrected chi connectivity index (χ0v) is 22.4. The maximum atomic E-state index is 13.1.